The van der Waals surface area contributed by atoms with Gasteiger partial charge in [-0.05, 0) is 104 Å². The molecule has 0 aromatic heterocycles. The summed E-state index contributed by atoms with van der Waals surface area (Å²) in [6.07, 6.45) is 19.2. The predicted molar refractivity (Wildman–Crippen MR) is 138 cm³/mol. The molecule has 0 unspecified atom stereocenters. The number of ether oxygens (including phenoxy) is 1. The summed E-state index contributed by atoms with van der Waals surface area (Å²) in [5.41, 5.74) is 2.44. The molecule has 0 heterocycles. The molecule has 3 saturated carbocycles. The molecule has 4 rings (SSSR count). The summed E-state index contributed by atoms with van der Waals surface area (Å²) in [6, 6.07) is 0. The average Bonchev–Trinajstić information content (AvgIpc) is 3.11. The van der Waals surface area contributed by atoms with E-state index in [1.165, 1.54) is 44.9 Å². The maximum Gasteiger partial charge on any atom is 0.302 e. The van der Waals surface area contributed by atoms with E-state index in [0.29, 0.717) is 16.7 Å². The van der Waals surface area contributed by atoms with Crippen molar-refractivity contribution in [2.24, 2.45) is 52.3 Å². The van der Waals surface area contributed by atoms with Crippen molar-refractivity contribution in [1.29, 1.82) is 0 Å². The zero-order valence-corrected chi connectivity index (χ0v) is 22.5. The maximum absolute atomic E-state index is 11.5. The lowest BCUT2D eigenvalue weighted by Gasteiger charge is -2.58. The molecular formula is C31H50O2. The molecule has 0 aromatic rings. The van der Waals surface area contributed by atoms with Gasteiger partial charge in [0.2, 0.25) is 0 Å². The predicted octanol–water partition coefficient (Wildman–Crippen LogP) is 8.37. The van der Waals surface area contributed by atoms with Crippen molar-refractivity contribution in [2.75, 3.05) is 0 Å². The molecule has 0 amide bonds. The second-order valence-electron chi connectivity index (χ2n) is 13.0. The van der Waals surface area contributed by atoms with Crippen molar-refractivity contribution in [3.05, 3.63) is 23.8 Å². The van der Waals surface area contributed by atoms with Crippen LogP contribution in [-0.4, -0.2) is 12.1 Å². The monoisotopic (exact) mass is 454 g/mol. The summed E-state index contributed by atoms with van der Waals surface area (Å²) >= 11 is 0. The van der Waals surface area contributed by atoms with Crippen molar-refractivity contribution in [3.8, 4) is 0 Å². The Kier molecular flexibility index (Phi) is 7.24. The summed E-state index contributed by atoms with van der Waals surface area (Å²) < 4.78 is 5.62. The Morgan fingerprint density at radius 1 is 1.09 bits per heavy atom. The highest BCUT2D eigenvalue weighted by molar-refractivity contribution is 5.66. The number of hydrogen-bond acceptors (Lipinski definition) is 2. The summed E-state index contributed by atoms with van der Waals surface area (Å²) in [6.45, 7) is 16.3. The number of hydrogen-bond donors (Lipinski definition) is 0. The van der Waals surface area contributed by atoms with Gasteiger partial charge in [0.1, 0.15) is 6.10 Å². The van der Waals surface area contributed by atoms with Crippen molar-refractivity contribution in [3.63, 3.8) is 0 Å². The number of allylic oxidation sites excluding steroid dienone is 3. The van der Waals surface area contributed by atoms with E-state index in [4.69, 9.17) is 4.74 Å². The maximum atomic E-state index is 11.5. The standard InChI is InChI=1S/C31H50O2/c1-8-23(20(2)3)10-9-21(4)27-13-14-28-26-12-11-24-19-25(33-22(5)32)15-17-30(24,6)29(26)16-18-31(27,28)7/h9-11,20-21,23,25-29H,8,12-19H2,1-7H3/b10-9+/t21-,23+,25-,26+,27+,28+,29+,30-,31+/m0/s1. The highest BCUT2D eigenvalue weighted by atomic mass is 16.5. The normalized spacial score (nSPS) is 42.3. The van der Waals surface area contributed by atoms with Gasteiger partial charge in [-0.1, -0.05) is 65.3 Å². The van der Waals surface area contributed by atoms with Crippen LogP contribution in [0.3, 0.4) is 0 Å². The molecule has 4 aliphatic rings. The van der Waals surface area contributed by atoms with E-state index in [2.05, 4.69) is 59.8 Å². The van der Waals surface area contributed by atoms with Crippen molar-refractivity contribution in [1.82, 2.24) is 0 Å². The molecular weight excluding hydrogens is 404 g/mol. The van der Waals surface area contributed by atoms with Gasteiger partial charge in [-0.15, -0.1) is 0 Å². The van der Waals surface area contributed by atoms with Gasteiger partial charge >= 0.3 is 5.97 Å². The number of carbonyl (C=O) groups is 1. The average molecular weight is 455 g/mol. The molecule has 0 bridgehead atoms. The first-order valence-electron chi connectivity index (χ1n) is 14.1. The van der Waals surface area contributed by atoms with Crippen LogP contribution in [0.1, 0.15) is 106 Å². The smallest absolute Gasteiger partial charge is 0.302 e. The number of fused-ring (bicyclic) bond motifs is 5. The van der Waals surface area contributed by atoms with E-state index in [1.54, 1.807) is 12.5 Å². The molecule has 0 saturated heterocycles. The number of rotatable bonds is 6. The topological polar surface area (TPSA) is 26.3 Å². The largest absolute Gasteiger partial charge is 0.462 e. The van der Waals surface area contributed by atoms with Crippen molar-refractivity contribution >= 4 is 5.97 Å². The second-order valence-corrected chi connectivity index (χ2v) is 13.0. The molecule has 0 aliphatic heterocycles. The molecule has 186 valence electrons. The fourth-order valence-corrected chi connectivity index (χ4v) is 9.15. The van der Waals surface area contributed by atoms with E-state index in [0.717, 1.165) is 48.3 Å². The molecule has 33 heavy (non-hydrogen) atoms. The van der Waals surface area contributed by atoms with E-state index in [1.807, 2.05) is 0 Å². The molecule has 2 heteroatoms. The van der Waals surface area contributed by atoms with E-state index >= 15 is 0 Å². The van der Waals surface area contributed by atoms with Crippen LogP contribution >= 0.6 is 0 Å². The molecule has 3 fully saturated rings. The first-order valence-corrected chi connectivity index (χ1v) is 14.1. The number of esters is 1. The van der Waals surface area contributed by atoms with Gasteiger partial charge in [0.15, 0.2) is 0 Å². The van der Waals surface area contributed by atoms with Gasteiger partial charge in [-0.2, -0.15) is 0 Å². The lowest BCUT2D eigenvalue weighted by Crippen LogP contribution is -2.51. The van der Waals surface area contributed by atoms with Crippen LogP contribution in [0.25, 0.3) is 0 Å². The zero-order chi connectivity index (χ0) is 24.0. The highest BCUT2D eigenvalue weighted by Crippen LogP contribution is 2.67. The Balaban J connectivity index is 1.49. The molecule has 0 radical (unpaired) electrons. The second kappa shape index (κ2) is 9.54. The quantitative estimate of drug-likeness (QED) is 0.297. The first-order chi connectivity index (χ1) is 15.6. The fraction of sp³-hybridized carbons (Fsp3) is 0.839. The first kappa shape index (κ1) is 25.1. The Morgan fingerprint density at radius 2 is 1.85 bits per heavy atom. The number of carbonyl (C=O) groups excluding carboxylic acids is 1. The van der Waals surface area contributed by atoms with Crippen molar-refractivity contribution < 1.29 is 9.53 Å². The van der Waals surface area contributed by atoms with E-state index < -0.39 is 0 Å². The third-order valence-electron chi connectivity index (χ3n) is 11.1. The third kappa shape index (κ3) is 4.50. The van der Waals surface area contributed by atoms with Gasteiger partial charge in [0.25, 0.3) is 0 Å². The van der Waals surface area contributed by atoms with Crippen LogP contribution in [0.2, 0.25) is 0 Å². The van der Waals surface area contributed by atoms with E-state index in [9.17, 15) is 4.79 Å². The molecule has 4 aliphatic carbocycles. The SMILES string of the molecule is CC[C@H](/C=C/[C@H](C)[C@H]1CC[C@@H]2[C@H]3CC=C4C[C@@H](OC(C)=O)CC[C@]4(C)[C@@H]3CC[C@@]21C)C(C)C. The minimum absolute atomic E-state index is 0.105. The zero-order valence-electron chi connectivity index (χ0n) is 22.5. The van der Waals surface area contributed by atoms with Crippen LogP contribution in [0.5, 0.6) is 0 Å². The Hall–Kier alpha value is -1.05. The summed E-state index contributed by atoms with van der Waals surface area (Å²) in [5.74, 6) is 5.41. The van der Waals surface area contributed by atoms with Crippen LogP contribution in [0.15, 0.2) is 23.8 Å². The Bertz CT molecular complexity index is 778. The Labute approximate surface area is 204 Å². The molecule has 9 atom stereocenters. The van der Waals surface area contributed by atoms with Crippen LogP contribution in [0, 0.1) is 52.3 Å². The van der Waals surface area contributed by atoms with Gasteiger partial charge < -0.3 is 4.74 Å². The Morgan fingerprint density at radius 3 is 2.52 bits per heavy atom. The third-order valence-corrected chi connectivity index (χ3v) is 11.1. The van der Waals surface area contributed by atoms with Crippen molar-refractivity contribution in [2.45, 2.75) is 112 Å². The van der Waals surface area contributed by atoms with Crippen LogP contribution < -0.4 is 0 Å². The van der Waals surface area contributed by atoms with E-state index in [-0.39, 0.29) is 12.1 Å². The lowest BCUT2D eigenvalue weighted by molar-refractivity contribution is -0.148. The minimum Gasteiger partial charge on any atom is -0.462 e. The fourth-order valence-electron chi connectivity index (χ4n) is 9.15. The van der Waals surface area contributed by atoms with Crippen LogP contribution in [-0.2, 0) is 9.53 Å². The van der Waals surface area contributed by atoms with Gasteiger partial charge in [0, 0.05) is 13.3 Å². The molecule has 0 spiro atoms. The molecule has 2 nitrogen and oxygen atoms in total. The van der Waals surface area contributed by atoms with Crippen LogP contribution in [0.4, 0.5) is 0 Å². The van der Waals surface area contributed by atoms with Gasteiger partial charge in [-0.25, -0.2) is 0 Å². The molecule has 0 N–H and O–H groups in total. The lowest BCUT2D eigenvalue weighted by atomic mass is 9.47. The van der Waals surface area contributed by atoms with Gasteiger partial charge in [0.05, 0.1) is 0 Å². The molecule has 0 aromatic carbocycles. The summed E-state index contributed by atoms with van der Waals surface area (Å²) in [5, 5.41) is 0. The van der Waals surface area contributed by atoms with Gasteiger partial charge in [-0.3, -0.25) is 4.79 Å². The minimum atomic E-state index is -0.120. The summed E-state index contributed by atoms with van der Waals surface area (Å²) in [4.78, 5) is 11.5. The summed E-state index contributed by atoms with van der Waals surface area (Å²) in [7, 11) is 0. The highest BCUT2D eigenvalue weighted by Gasteiger charge is 2.59.